The van der Waals surface area contributed by atoms with E-state index < -0.39 is 11.6 Å². The van der Waals surface area contributed by atoms with Crippen LogP contribution < -0.4 is 5.69 Å². The van der Waals surface area contributed by atoms with E-state index in [1.807, 2.05) is 13.8 Å². The first-order chi connectivity index (χ1) is 9.61. The van der Waals surface area contributed by atoms with Gasteiger partial charge in [-0.1, -0.05) is 0 Å². The minimum atomic E-state index is -0.489. The molecule has 0 aliphatic heterocycles. The van der Waals surface area contributed by atoms with Gasteiger partial charge >= 0.3 is 11.6 Å². The van der Waals surface area contributed by atoms with Crippen LogP contribution in [0.5, 0.6) is 0 Å². The number of pyridine rings is 1. The van der Waals surface area contributed by atoms with Crippen molar-refractivity contribution in [3.63, 3.8) is 0 Å². The molecule has 3 rings (SSSR count). The lowest BCUT2D eigenvalue weighted by molar-refractivity contribution is 0.0932. The molecule has 0 aliphatic carbocycles. The van der Waals surface area contributed by atoms with Crippen LogP contribution in [0.3, 0.4) is 0 Å². The highest BCUT2D eigenvalue weighted by molar-refractivity contribution is 5.98. The van der Waals surface area contributed by atoms with Crippen LogP contribution in [0, 0.1) is 0 Å². The lowest BCUT2D eigenvalue weighted by atomic mass is 10.3. The molecule has 0 saturated carbocycles. The van der Waals surface area contributed by atoms with Gasteiger partial charge in [0.1, 0.15) is 0 Å². The fraction of sp³-hybridized carbons (Fsp3) is 0.214. The molecule has 0 atom stereocenters. The van der Waals surface area contributed by atoms with Crippen molar-refractivity contribution in [3.05, 3.63) is 53.0 Å². The molecule has 3 aromatic rings. The third-order valence-electron chi connectivity index (χ3n) is 3.08. The number of aromatic nitrogens is 3. The number of nitrogens with zero attached hydrogens (tertiary/aromatic N) is 3. The summed E-state index contributed by atoms with van der Waals surface area (Å²) in [5.74, 6) is -0.365. The highest BCUT2D eigenvalue weighted by Crippen LogP contribution is 2.16. The topological polar surface area (TPSA) is 70.0 Å². The number of furan rings is 1. The third kappa shape index (κ3) is 1.69. The number of hydrogen-bond donors (Lipinski definition) is 0. The zero-order valence-corrected chi connectivity index (χ0v) is 11.1. The molecule has 6 heteroatoms. The van der Waals surface area contributed by atoms with E-state index in [-0.39, 0.29) is 11.8 Å². The number of fused-ring (bicyclic) bond motifs is 1. The molecule has 102 valence electrons. The molecular formula is C14H13N3O3. The second-order valence-electron chi connectivity index (χ2n) is 4.71. The Balaban J connectivity index is 2.34. The first-order valence-electron chi connectivity index (χ1n) is 6.27. The second kappa shape index (κ2) is 4.48. The van der Waals surface area contributed by atoms with E-state index in [1.54, 1.807) is 24.4 Å². The SMILES string of the molecule is CC(C)n1c(=O)n(C(=O)c2ccco2)c2cccnc21. The lowest BCUT2D eigenvalue weighted by Gasteiger charge is -2.04. The van der Waals surface area contributed by atoms with E-state index >= 15 is 0 Å². The van der Waals surface area contributed by atoms with Crippen LogP contribution in [0.2, 0.25) is 0 Å². The predicted molar refractivity (Wildman–Crippen MR) is 72.8 cm³/mol. The van der Waals surface area contributed by atoms with Gasteiger partial charge in [0, 0.05) is 12.2 Å². The summed E-state index contributed by atoms with van der Waals surface area (Å²) in [4.78, 5) is 29.1. The molecule has 0 N–H and O–H groups in total. The maximum Gasteiger partial charge on any atom is 0.337 e. The number of hydrogen-bond acceptors (Lipinski definition) is 4. The van der Waals surface area contributed by atoms with E-state index in [9.17, 15) is 9.59 Å². The summed E-state index contributed by atoms with van der Waals surface area (Å²) in [6.07, 6.45) is 3.00. The summed E-state index contributed by atoms with van der Waals surface area (Å²) in [6, 6.07) is 6.44. The number of rotatable bonds is 2. The Bertz CT molecular complexity index is 825. The van der Waals surface area contributed by atoms with Gasteiger partial charge in [-0.25, -0.2) is 14.3 Å². The largest absolute Gasteiger partial charge is 0.459 e. The number of carbonyl (C=O) groups is 1. The van der Waals surface area contributed by atoms with E-state index in [2.05, 4.69) is 4.98 Å². The van der Waals surface area contributed by atoms with Gasteiger partial charge in [0.25, 0.3) is 0 Å². The summed E-state index contributed by atoms with van der Waals surface area (Å²) in [6.45, 7) is 3.74. The Labute approximate surface area is 114 Å². The zero-order chi connectivity index (χ0) is 14.3. The van der Waals surface area contributed by atoms with Crippen molar-refractivity contribution in [2.45, 2.75) is 19.9 Å². The monoisotopic (exact) mass is 271 g/mol. The van der Waals surface area contributed by atoms with Crippen LogP contribution in [0.1, 0.15) is 30.4 Å². The van der Waals surface area contributed by atoms with Gasteiger partial charge in [0.15, 0.2) is 11.4 Å². The minimum Gasteiger partial charge on any atom is -0.459 e. The highest BCUT2D eigenvalue weighted by Gasteiger charge is 2.22. The molecule has 0 unspecified atom stereocenters. The standard InChI is InChI=1S/C14H13N3O3/c1-9(2)16-12-10(5-3-7-15-12)17(14(16)19)13(18)11-6-4-8-20-11/h3-9H,1-2H3. The van der Waals surface area contributed by atoms with Crippen LogP contribution in [0.25, 0.3) is 11.2 Å². The van der Waals surface area contributed by atoms with Gasteiger partial charge in [0.2, 0.25) is 0 Å². The average molecular weight is 271 g/mol. The van der Waals surface area contributed by atoms with Gasteiger partial charge in [-0.15, -0.1) is 0 Å². The molecule has 20 heavy (non-hydrogen) atoms. The van der Waals surface area contributed by atoms with Crippen molar-refractivity contribution in [1.29, 1.82) is 0 Å². The van der Waals surface area contributed by atoms with E-state index in [1.165, 1.54) is 16.9 Å². The summed E-state index contributed by atoms with van der Waals surface area (Å²) >= 11 is 0. The van der Waals surface area contributed by atoms with Crippen LogP contribution in [0.15, 0.2) is 45.9 Å². The van der Waals surface area contributed by atoms with Crippen molar-refractivity contribution < 1.29 is 9.21 Å². The van der Waals surface area contributed by atoms with Crippen LogP contribution in [-0.4, -0.2) is 20.0 Å². The lowest BCUT2D eigenvalue weighted by Crippen LogP contribution is -2.30. The van der Waals surface area contributed by atoms with Crippen molar-refractivity contribution in [2.75, 3.05) is 0 Å². The average Bonchev–Trinajstić information content (AvgIpc) is 3.02. The van der Waals surface area contributed by atoms with Crippen molar-refractivity contribution in [1.82, 2.24) is 14.1 Å². The minimum absolute atomic E-state index is 0.0921. The molecule has 0 amide bonds. The van der Waals surface area contributed by atoms with Crippen molar-refractivity contribution >= 4 is 17.1 Å². The van der Waals surface area contributed by atoms with Crippen LogP contribution >= 0.6 is 0 Å². The van der Waals surface area contributed by atoms with Gasteiger partial charge in [0.05, 0.1) is 11.8 Å². The maximum atomic E-state index is 12.5. The Hall–Kier alpha value is -2.63. The molecule has 0 fully saturated rings. The maximum absolute atomic E-state index is 12.5. The predicted octanol–water partition coefficient (Wildman–Crippen LogP) is 2.06. The smallest absolute Gasteiger partial charge is 0.337 e. The fourth-order valence-electron chi connectivity index (χ4n) is 2.22. The molecule has 3 heterocycles. The first kappa shape index (κ1) is 12.4. The summed E-state index contributed by atoms with van der Waals surface area (Å²) in [7, 11) is 0. The Kier molecular flexibility index (Phi) is 2.78. The van der Waals surface area contributed by atoms with Gasteiger partial charge in [-0.3, -0.25) is 9.36 Å². The van der Waals surface area contributed by atoms with E-state index in [0.29, 0.717) is 11.2 Å². The fourth-order valence-corrected chi connectivity index (χ4v) is 2.22. The summed E-state index contributed by atoms with van der Waals surface area (Å²) in [5.41, 5.74) is 0.565. The van der Waals surface area contributed by atoms with Gasteiger partial charge < -0.3 is 4.42 Å². The second-order valence-corrected chi connectivity index (χ2v) is 4.71. The van der Waals surface area contributed by atoms with E-state index in [4.69, 9.17) is 4.42 Å². The Morgan fingerprint density at radius 2 is 2.10 bits per heavy atom. The molecule has 0 saturated heterocycles. The quantitative estimate of drug-likeness (QED) is 0.715. The Morgan fingerprint density at radius 3 is 2.75 bits per heavy atom. The summed E-state index contributed by atoms with van der Waals surface area (Å²) < 4.78 is 7.68. The number of carbonyl (C=O) groups excluding carboxylic acids is 1. The normalized spacial score (nSPS) is 11.3. The molecule has 0 bridgehead atoms. The van der Waals surface area contributed by atoms with E-state index in [0.717, 1.165) is 4.57 Å². The molecule has 6 nitrogen and oxygen atoms in total. The third-order valence-corrected chi connectivity index (χ3v) is 3.08. The van der Waals surface area contributed by atoms with Crippen LogP contribution in [-0.2, 0) is 0 Å². The molecule has 3 aromatic heterocycles. The van der Waals surface area contributed by atoms with Crippen molar-refractivity contribution in [3.8, 4) is 0 Å². The Morgan fingerprint density at radius 1 is 1.30 bits per heavy atom. The highest BCUT2D eigenvalue weighted by atomic mass is 16.3. The summed E-state index contributed by atoms with van der Waals surface area (Å²) in [5, 5.41) is 0. The molecule has 0 radical (unpaired) electrons. The van der Waals surface area contributed by atoms with Crippen molar-refractivity contribution in [2.24, 2.45) is 0 Å². The van der Waals surface area contributed by atoms with Gasteiger partial charge in [-0.05, 0) is 38.1 Å². The molecule has 0 spiro atoms. The van der Waals surface area contributed by atoms with Crippen LogP contribution in [0.4, 0.5) is 0 Å². The number of imidazole rings is 1. The first-order valence-corrected chi connectivity index (χ1v) is 6.27. The molecular weight excluding hydrogens is 258 g/mol. The zero-order valence-electron chi connectivity index (χ0n) is 11.1. The van der Waals surface area contributed by atoms with Gasteiger partial charge in [-0.2, -0.15) is 0 Å². The molecule has 0 aromatic carbocycles. The molecule has 0 aliphatic rings.